The minimum atomic E-state index is -0.239. The maximum atomic E-state index is 12.2. The van der Waals surface area contributed by atoms with Crippen LogP contribution in [0.3, 0.4) is 0 Å². The Kier molecular flexibility index (Phi) is 3.94. The molecule has 0 aliphatic carbocycles. The molecule has 104 valence electrons. The summed E-state index contributed by atoms with van der Waals surface area (Å²) < 4.78 is 5.23. The first-order chi connectivity index (χ1) is 9.51. The lowest BCUT2D eigenvalue weighted by molar-refractivity contribution is 0.102. The van der Waals surface area contributed by atoms with Crippen molar-refractivity contribution >= 4 is 11.6 Å². The highest BCUT2D eigenvalue weighted by Crippen LogP contribution is 2.26. The van der Waals surface area contributed by atoms with E-state index >= 15 is 0 Å². The van der Waals surface area contributed by atoms with Gasteiger partial charge in [-0.2, -0.15) is 0 Å². The number of benzene rings is 2. The molecule has 0 saturated carbocycles. The number of ether oxygens (including phenoxy) is 1. The fourth-order valence-electron chi connectivity index (χ4n) is 1.91. The van der Waals surface area contributed by atoms with Gasteiger partial charge in [-0.15, -0.1) is 0 Å². The van der Waals surface area contributed by atoms with Gasteiger partial charge >= 0.3 is 0 Å². The summed E-state index contributed by atoms with van der Waals surface area (Å²) in [6.07, 6.45) is 0. The van der Waals surface area contributed by atoms with Crippen LogP contribution in [0.1, 0.15) is 21.5 Å². The predicted molar refractivity (Wildman–Crippen MR) is 78.5 cm³/mol. The van der Waals surface area contributed by atoms with E-state index in [0.717, 1.165) is 5.56 Å². The second-order valence-corrected chi connectivity index (χ2v) is 4.66. The molecule has 0 spiro atoms. The van der Waals surface area contributed by atoms with Crippen molar-refractivity contribution in [3.05, 3.63) is 53.1 Å². The molecule has 0 radical (unpaired) electrons. The van der Waals surface area contributed by atoms with E-state index in [1.54, 1.807) is 26.2 Å². The lowest BCUT2D eigenvalue weighted by Crippen LogP contribution is -2.13. The van der Waals surface area contributed by atoms with Crippen molar-refractivity contribution in [1.82, 2.24) is 0 Å². The highest BCUT2D eigenvalue weighted by atomic mass is 16.5. The molecule has 0 saturated heterocycles. The van der Waals surface area contributed by atoms with Crippen molar-refractivity contribution in [2.24, 2.45) is 0 Å². The summed E-state index contributed by atoms with van der Waals surface area (Å²) in [6.45, 7) is 3.69. The van der Waals surface area contributed by atoms with Gasteiger partial charge in [0.15, 0.2) is 0 Å². The number of aromatic hydroxyl groups is 1. The average molecular weight is 271 g/mol. The fourth-order valence-corrected chi connectivity index (χ4v) is 1.91. The third-order valence-electron chi connectivity index (χ3n) is 3.06. The van der Waals surface area contributed by atoms with Crippen LogP contribution in [-0.2, 0) is 0 Å². The number of hydrogen-bond acceptors (Lipinski definition) is 3. The van der Waals surface area contributed by atoms with Gasteiger partial charge in [0, 0.05) is 5.56 Å². The Morgan fingerprint density at radius 2 is 1.90 bits per heavy atom. The Balaban J connectivity index is 2.27. The van der Waals surface area contributed by atoms with E-state index in [1.807, 2.05) is 25.1 Å². The van der Waals surface area contributed by atoms with Crippen LogP contribution in [0.2, 0.25) is 0 Å². The minimum Gasteiger partial charge on any atom is -0.508 e. The van der Waals surface area contributed by atoms with Crippen LogP contribution in [0.15, 0.2) is 36.4 Å². The molecule has 0 fully saturated rings. The smallest absolute Gasteiger partial charge is 0.255 e. The second kappa shape index (κ2) is 5.65. The second-order valence-electron chi connectivity index (χ2n) is 4.66. The van der Waals surface area contributed by atoms with Crippen LogP contribution >= 0.6 is 0 Å². The molecule has 0 aliphatic rings. The topological polar surface area (TPSA) is 58.6 Å². The average Bonchev–Trinajstić information content (AvgIpc) is 2.42. The number of amides is 1. The van der Waals surface area contributed by atoms with E-state index in [-0.39, 0.29) is 11.7 Å². The quantitative estimate of drug-likeness (QED) is 0.900. The zero-order valence-electron chi connectivity index (χ0n) is 11.7. The van der Waals surface area contributed by atoms with E-state index in [2.05, 4.69) is 5.32 Å². The van der Waals surface area contributed by atoms with Crippen LogP contribution in [0.5, 0.6) is 11.5 Å². The molecule has 0 atom stereocenters. The molecule has 20 heavy (non-hydrogen) atoms. The van der Waals surface area contributed by atoms with Gasteiger partial charge in [-0.3, -0.25) is 4.79 Å². The monoisotopic (exact) mass is 271 g/mol. The normalized spacial score (nSPS) is 10.2. The largest absolute Gasteiger partial charge is 0.508 e. The molecule has 2 aromatic carbocycles. The highest BCUT2D eigenvalue weighted by Gasteiger charge is 2.11. The number of carbonyl (C=O) groups excluding carboxylic acids is 1. The van der Waals surface area contributed by atoms with Crippen molar-refractivity contribution in [3.63, 3.8) is 0 Å². The Labute approximate surface area is 118 Å². The summed E-state index contributed by atoms with van der Waals surface area (Å²) in [5, 5.41) is 12.3. The van der Waals surface area contributed by atoms with Gasteiger partial charge in [0.05, 0.1) is 12.8 Å². The summed E-state index contributed by atoms with van der Waals surface area (Å²) in [5.41, 5.74) is 2.81. The van der Waals surface area contributed by atoms with Gasteiger partial charge in [0.25, 0.3) is 5.91 Å². The number of hydrogen-bond donors (Lipinski definition) is 2. The Morgan fingerprint density at radius 1 is 1.15 bits per heavy atom. The van der Waals surface area contributed by atoms with Gasteiger partial charge < -0.3 is 15.2 Å². The molecule has 1 amide bonds. The zero-order valence-corrected chi connectivity index (χ0v) is 11.7. The van der Waals surface area contributed by atoms with Crippen LogP contribution in [0.25, 0.3) is 0 Å². The molecule has 2 rings (SSSR count). The number of phenols is 1. The molecule has 0 aliphatic heterocycles. The fraction of sp³-hybridized carbons (Fsp3) is 0.188. The molecule has 0 unspecified atom stereocenters. The molecule has 2 N–H and O–H groups in total. The summed E-state index contributed by atoms with van der Waals surface area (Å²) in [4.78, 5) is 12.2. The number of anilines is 1. The lowest BCUT2D eigenvalue weighted by atomic mass is 10.1. The molecule has 4 nitrogen and oxygen atoms in total. The van der Waals surface area contributed by atoms with Gasteiger partial charge in [-0.1, -0.05) is 6.07 Å². The Morgan fingerprint density at radius 3 is 2.55 bits per heavy atom. The van der Waals surface area contributed by atoms with Crippen LogP contribution in [-0.4, -0.2) is 18.1 Å². The third kappa shape index (κ3) is 2.91. The number of aryl methyl sites for hydroxylation is 2. The van der Waals surface area contributed by atoms with E-state index < -0.39 is 0 Å². The Bertz CT molecular complexity index is 650. The van der Waals surface area contributed by atoms with Gasteiger partial charge in [0.2, 0.25) is 0 Å². The standard InChI is InChI=1S/C16H17NO3/c1-10-4-7-15(20-3)13(8-10)17-16(19)12-5-6-14(18)11(2)9-12/h4-9,18H,1-3H3,(H,17,19). The Hall–Kier alpha value is -2.49. The third-order valence-corrected chi connectivity index (χ3v) is 3.06. The van der Waals surface area contributed by atoms with Crippen molar-refractivity contribution in [2.45, 2.75) is 13.8 Å². The van der Waals surface area contributed by atoms with Crippen molar-refractivity contribution in [3.8, 4) is 11.5 Å². The van der Waals surface area contributed by atoms with E-state index in [9.17, 15) is 9.90 Å². The van der Waals surface area contributed by atoms with E-state index in [0.29, 0.717) is 22.6 Å². The molecule has 0 aromatic heterocycles. The summed E-state index contributed by atoms with van der Waals surface area (Å²) in [5.74, 6) is 0.547. The number of nitrogens with one attached hydrogen (secondary N) is 1. The van der Waals surface area contributed by atoms with Crippen LogP contribution < -0.4 is 10.1 Å². The molecule has 0 heterocycles. The van der Waals surface area contributed by atoms with Crippen molar-refractivity contribution < 1.29 is 14.6 Å². The van der Waals surface area contributed by atoms with Crippen molar-refractivity contribution in [1.29, 1.82) is 0 Å². The SMILES string of the molecule is COc1ccc(C)cc1NC(=O)c1ccc(O)c(C)c1. The number of rotatable bonds is 3. The first kappa shape index (κ1) is 13.9. The maximum Gasteiger partial charge on any atom is 0.255 e. The predicted octanol–water partition coefficient (Wildman–Crippen LogP) is 3.27. The first-order valence-electron chi connectivity index (χ1n) is 6.27. The molecule has 0 bridgehead atoms. The van der Waals surface area contributed by atoms with E-state index in [1.165, 1.54) is 6.07 Å². The highest BCUT2D eigenvalue weighted by molar-refractivity contribution is 6.05. The lowest BCUT2D eigenvalue weighted by Gasteiger charge is -2.11. The number of carbonyl (C=O) groups is 1. The van der Waals surface area contributed by atoms with Gasteiger partial charge in [-0.25, -0.2) is 0 Å². The molecule has 4 heteroatoms. The maximum absolute atomic E-state index is 12.2. The minimum absolute atomic E-state index is 0.176. The van der Waals surface area contributed by atoms with Gasteiger partial charge in [0.1, 0.15) is 11.5 Å². The van der Waals surface area contributed by atoms with Crippen LogP contribution in [0.4, 0.5) is 5.69 Å². The number of phenolic OH excluding ortho intramolecular Hbond substituents is 1. The van der Waals surface area contributed by atoms with Crippen molar-refractivity contribution in [2.75, 3.05) is 12.4 Å². The summed E-state index contributed by atoms with van der Waals surface area (Å²) in [6, 6.07) is 10.3. The van der Waals surface area contributed by atoms with E-state index in [4.69, 9.17) is 4.74 Å². The molecular formula is C16H17NO3. The summed E-state index contributed by atoms with van der Waals surface area (Å²) >= 11 is 0. The number of methoxy groups -OCH3 is 1. The summed E-state index contributed by atoms with van der Waals surface area (Å²) in [7, 11) is 1.56. The van der Waals surface area contributed by atoms with Crippen LogP contribution in [0, 0.1) is 13.8 Å². The first-order valence-corrected chi connectivity index (χ1v) is 6.27. The zero-order chi connectivity index (χ0) is 14.7. The molecular weight excluding hydrogens is 254 g/mol. The van der Waals surface area contributed by atoms with Gasteiger partial charge in [-0.05, 0) is 55.3 Å². The molecule has 2 aromatic rings.